The molecule has 8 aliphatic heterocycles. The van der Waals surface area contributed by atoms with Gasteiger partial charge in [0.25, 0.3) is 26.9 Å². The van der Waals surface area contributed by atoms with Crippen LogP contribution in [0.25, 0.3) is 43.1 Å². The van der Waals surface area contributed by atoms with Crippen LogP contribution in [0.1, 0.15) is 0 Å². The summed E-state index contributed by atoms with van der Waals surface area (Å²) in [6.07, 6.45) is 0. The highest BCUT2D eigenvalue weighted by molar-refractivity contribution is 7.03. The molecule has 0 bridgehead atoms. The molecule has 0 aromatic heterocycles. The van der Waals surface area contributed by atoms with Crippen molar-refractivity contribution in [1.29, 1.82) is 0 Å². The Balaban J connectivity index is 0.000000111. The maximum Gasteiger partial charge on any atom is 0.252 e. The molecule has 27 rings (SSSR count). The number of benzene rings is 19. The van der Waals surface area contributed by atoms with E-state index in [2.05, 4.69) is 468 Å². The molecule has 0 atom stereocenters. The predicted molar refractivity (Wildman–Crippen MR) is 525 cm³/mol. The van der Waals surface area contributed by atoms with Gasteiger partial charge >= 0.3 is 0 Å². The zero-order valence-corrected chi connectivity index (χ0v) is 68.0. The second kappa shape index (κ2) is 27.2. The Morgan fingerprint density at radius 3 is 0.828 bits per heavy atom. The maximum absolute atomic E-state index is 2.55. The average molecular weight is 1560 g/mol. The first-order chi connectivity index (χ1) is 60.3. The lowest BCUT2D eigenvalue weighted by Crippen LogP contribution is -2.64. The summed E-state index contributed by atoms with van der Waals surface area (Å²) in [7, 11) is 8.89. The summed E-state index contributed by atoms with van der Waals surface area (Å²) >= 11 is 0. The summed E-state index contributed by atoms with van der Waals surface area (Å²) in [5, 5.41) is 10.4. The van der Waals surface area contributed by atoms with Crippen LogP contribution in [0.15, 0.2) is 400 Å². The van der Waals surface area contributed by atoms with Crippen LogP contribution in [-0.2, 0) is 0 Å². The molecule has 570 valence electrons. The highest BCUT2D eigenvalue weighted by Gasteiger charge is 2.50. The molecule has 0 saturated carbocycles. The van der Waals surface area contributed by atoms with Gasteiger partial charge in [-0.15, -0.1) is 0 Å². The lowest BCUT2D eigenvalue weighted by molar-refractivity contribution is 1.20. The Labute approximate surface area is 712 Å². The molecule has 19 aromatic carbocycles. The second-order valence-electron chi connectivity index (χ2n) is 33.5. The Morgan fingerprint density at radius 1 is 0.156 bits per heavy atom. The lowest BCUT2D eigenvalue weighted by Gasteiger charge is -2.47. The van der Waals surface area contributed by atoms with Crippen LogP contribution in [0.3, 0.4) is 0 Å². The topological polar surface area (TPSA) is 25.9 Å². The van der Waals surface area contributed by atoms with Gasteiger partial charge in [0, 0.05) is 163 Å². The monoisotopic (exact) mass is 1550 g/mol. The first-order valence-electron chi connectivity index (χ1n) is 42.6. The fraction of sp³-hybridized carbons (Fsp3) is 0.0364. The van der Waals surface area contributed by atoms with Crippen LogP contribution in [0.5, 0.6) is 0 Å². The number of fused-ring (bicyclic) bond motifs is 24. The van der Waals surface area contributed by atoms with E-state index in [0.29, 0.717) is 0 Å². The molecule has 0 amide bonds. The molecule has 0 saturated heterocycles. The predicted octanol–water partition coefficient (Wildman–Crippen LogP) is 19.2. The van der Waals surface area contributed by atoms with Crippen molar-refractivity contribution in [3.8, 4) is 0 Å². The Bertz CT molecular complexity index is 7330. The van der Waals surface area contributed by atoms with Crippen molar-refractivity contribution in [1.82, 2.24) is 0 Å². The van der Waals surface area contributed by atoms with Gasteiger partial charge in [0.2, 0.25) is 0 Å². The number of para-hydroxylation sites is 8. The second-order valence-corrected chi connectivity index (χ2v) is 33.5. The zero-order chi connectivity index (χ0) is 80.7. The highest BCUT2D eigenvalue weighted by atomic mass is 15.2. The van der Waals surface area contributed by atoms with Gasteiger partial charge in [0.1, 0.15) is 0 Å². The van der Waals surface area contributed by atoms with E-state index in [1.54, 1.807) is 0 Å². The molecule has 19 aromatic rings. The molecule has 0 aliphatic carbocycles. The number of hydrogen-bond acceptors (Lipinski definition) is 8. The van der Waals surface area contributed by atoms with Gasteiger partial charge < -0.3 is 39.2 Å². The Hall–Kier alpha value is -15.1. The molecular weight excluding hydrogens is 1480 g/mol. The lowest BCUT2D eigenvalue weighted by atomic mass is 9.31. The van der Waals surface area contributed by atoms with E-state index >= 15 is 0 Å². The molecule has 122 heavy (non-hydrogen) atoms. The van der Waals surface area contributed by atoms with Crippen molar-refractivity contribution >= 4 is 249 Å². The molecule has 8 aliphatic rings. The van der Waals surface area contributed by atoms with Crippen molar-refractivity contribution < 1.29 is 0 Å². The maximum atomic E-state index is 2.55. The van der Waals surface area contributed by atoms with E-state index in [1.165, 1.54) is 200 Å². The van der Waals surface area contributed by atoms with Crippen molar-refractivity contribution in [2.75, 3.05) is 67.4 Å². The van der Waals surface area contributed by atoms with Crippen LogP contribution >= 0.6 is 0 Å². The van der Waals surface area contributed by atoms with E-state index in [-0.39, 0.29) is 26.9 Å². The SMILES string of the molecule is CN1c2cc3ccccc3c3c2B(c2ccccc2N3C)c2ccc3ccccc3c21.CN1c2ccccc2B2c3ccc4ccccc4c3N(C)c3c2c1cc1ccccc31.c1ccc(N2c3ccccc3B3c4cc5c(cc4N(c4ccccc4)c4cccc2c43)B2c3ccccc3N(c3ccccc3)c3cccc(c32)N5c2ccccc2)cc1. The van der Waals surface area contributed by atoms with Gasteiger partial charge in [0.15, 0.2) is 0 Å². The highest BCUT2D eigenvalue weighted by Crippen LogP contribution is 2.51. The molecule has 12 heteroatoms. The van der Waals surface area contributed by atoms with Crippen LogP contribution in [0.2, 0.25) is 0 Å². The first-order valence-corrected chi connectivity index (χ1v) is 42.6. The molecule has 0 N–H and O–H groups in total. The molecule has 0 fully saturated rings. The number of anilines is 20. The molecule has 0 radical (unpaired) electrons. The first kappa shape index (κ1) is 69.9. The summed E-state index contributed by atoms with van der Waals surface area (Å²) in [5.41, 5.74) is 41.1. The van der Waals surface area contributed by atoms with E-state index in [0.717, 1.165) is 22.7 Å². The summed E-state index contributed by atoms with van der Waals surface area (Å²) in [6.45, 7) is 0.478. The van der Waals surface area contributed by atoms with Gasteiger partial charge in [-0.1, -0.05) is 279 Å². The molecule has 8 nitrogen and oxygen atoms in total. The summed E-state index contributed by atoms with van der Waals surface area (Å²) in [6, 6.07) is 147. The van der Waals surface area contributed by atoms with Crippen LogP contribution < -0.4 is 105 Å². The van der Waals surface area contributed by atoms with E-state index in [9.17, 15) is 0 Å². The molecular formula is C110H78B4N8. The van der Waals surface area contributed by atoms with Crippen molar-refractivity contribution in [2.24, 2.45) is 0 Å². The van der Waals surface area contributed by atoms with Crippen LogP contribution in [0.4, 0.5) is 114 Å². The standard InChI is InChI=1S/C54H36B2N4.2C28H21BN2/c1-5-19-37(20-6-1)57-45-29-15-13-27-41(45)55-43-35-52-44(36-51(43)59(39-23-9-3-10-24-39)49-33-17-31-47(57)53(49)55)56-42-28-14-16-30-46(42)58(38-21-7-2-8-22-38)48-32-18-34-50(54(48)56)60(52)40-25-11-4-12-26-40;1-30-24-14-8-7-13-22(24)29-23-16-15-18-9-3-5-11-20(18)27(23)31(2)25-17-19-10-4-6-12-21(19)28(30)26(25)29;1-30-24-14-8-7-13-22(24)29-23-16-15-18-9-3-5-11-20(18)27(23)31(2)28-21-12-6-4-10-19(21)17-25(30)26(28)29/h1-36H;2*3-17H,1-2H3. The van der Waals surface area contributed by atoms with Crippen molar-refractivity contribution in [2.45, 2.75) is 0 Å². The largest absolute Gasteiger partial charge is 0.345 e. The summed E-state index contributed by atoms with van der Waals surface area (Å²) in [5.74, 6) is 0. The molecule has 8 heterocycles. The third-order valence-electron chi connectivity index (χ3n) is 27.4. The minimum Gasteiger partial charge on any atom is -0.345 e. The molecule has 0 spiro atoms. The molecule has 0 unspecified atom stereocenters. The Kier molecular flexibility index (Phi) is 15.6. The number of hydrogen-bond donors (Lipinski definition) is 0. The summed E-state index contributed by atoms with van der Waals surface area (Å²) < 4.78 is 0. The van der Waals surface area contributed by atoms with E-state index in [1.807, 2.05) is 0 Å². The average Bonchev–Trinajstić information content (AvgIpc) is 0.736. The van der Waals surface area contributed by atoms with Crippen LogP contribution in [0, 0.1) is 0 Å². The van der Waals surface area contributed by atoms with E-state index in [4.69, 9.17) is 0 Å². The van der Waals surface area contributed by atoms with Crippen LogP contribution in [-0.4, -0.2) is 55.0 Å². The number of rotatable bonds is 4. The minimum atomic E-state index is 0.00481. The smallest absolute Gasteiger partial charge is 0.252 e. The van der Waals surface area contributed by atoms with Gasteiger partial charge in [-0.3, -0.25) is 0 Å². The van der Waals surface area contributed by atoms with Gasteiger partial charge in [-0.05, 0) is 208 Å². The fourth-order valence-electron chi connectivity index (χ4n) is 22.5. The van der Waals surface area contributed by atoms with Gasteiger partial charge in [-0.25, -0.2) is 0 Å². The Morgan fingerprint density at radius 2 is 0.426 bits per heavy atom. The third kappa shape index (κ3) is 10.1. The van der Waals surface area contributed by atoms with Crippen molar-refractivity contribution in [3.63, 3.8) is 0 Å². The summed E-state index contributed by atoms with van der Waals surface area (Å²) in [4.78, 5) is 19.6. The zero-order valence-electron chi connectivity index (χ0n) is 68.0. The quantitative estimate of drug-likeness (QED) is 0.161. The fourth-order valence-corrected chi connectivity index (χ4v) is 22.5. The number of nitrogens with zero attached hydrogens (tertiary/aromatic N) is 8. The van der Waals surface area contributed by atoms with Crippen molar-refractivity contribution in [3.05, 3.63) is 400 Å². The minimum absolute atomic E-state index is 0.00481. The van der Waals surface area contributed by atoms with Gasteiger partial charge in [-0.2, -0.15) is 0 Å². The third-order valence-corrected chi connectivity index (χ3v) is 27.4. The van der Waals surface area contributed by atoms with E-state index < -0.39 is 0 Å². The van der Waals surface area contributed by atoms with Gasteiger partial charge in [0.05, 0.1) is 0 Å². The normalized spacial score (nSPS) is 13.9.